The molecule has 224 valence electrons. The summed E-state index contributed by atoms with van der Waals surface area (Å²) in [6, 6.07) is 14.0. The number of carboxylic acid groups (broad SMARTS) is 2. The molecule has 0 fully saturated rings. The Morgan fingerprint density at radius 1 is 1.05 bits per heavy atom. The SMILES string of the molecule is COc1ccc(CNCC2OCCc3cn(Cc4ccccn4)nc32)cc1.O=C(O)C(F)(F)F.O=C(O)C(F)(F)F. The zero-order valence-electron chi connectivity index (χ0n) is 21.4. The van der Waals surface area contributed by atoms with Gasteiger partial charge in [-0.2, -0.15) is 31.4 Å². The Hall–Kier alpha value is -4.18. The molecule has 10 nitrogen and oxygen atoms in total. The Labute approximate surface area is 229 Å². The Kier molecular flexibility index (Phi) is 12.1. The number of carboxylic acids is 2. The van der Waals surface area contributed by atoms with E-state index >= 15 is 0 Å². The third-order valence-electron chi connectivity index (χ3n) is 5.22. The van der Waals surface area contributed by atoms with Gasteiger partial charge in [-0.3, -0.25) is 9.67 Å². The molecule has 1 aliphatic rings. The minimum Gasteiger partial charge on any atom is -0.497 e. The summed E-state index contributed by atoms with van der Waals surface area (Å²) in [5, 5.41) is 22.5. The number of pyridine rings is 1. The lowest BCUT2D eigenvalue weighted by Crippen LogP contribution is -2.27. The number of halogens is 6. The van der Waals surface area contributed by atoms with Crippen molar-refractivity contribution in [3.8, 4) is 5.75 Å². The van der Waals surface area contributed by atoms with Crippen molar-refractivity contribution in [1.82, 2.24) is 20.1 Å². The molecule has 0 spiro atoms. The van der Waals surface area contributed by atoms with Gasteiger partial charge >= 0.3 is 24.3 Å². The second-order valence-electron chi connectivity index (χ2n) is 8.25. The van der Waals surface area contributed by atoms with Gasteiger partial charge in [-0.15, -0.1) is 0 Å². The molecule has 1 aliphatic heterocycles. The minimum atomic E-state index is -5.08. The number of nitrogens with zero attached hydrogens (tertiary/aromatic N) is 3. The monoisotopic (exact) mass is 592 g/mol. The van der Waals surface area contributed by atoms with Crippen molar-refractivity contribution >= 4 is 11.9 Å². The van der Waals surface area contributed by atoms with E-state index in [9.17, 15) is 26.3 Å². The fourth-order valence-corrected chi connectivity index (χ4v) is 3.32. The van der Waals surface area contributed by atoms with E-state index < -0.39 is 24.3 Å². The number of rotatable bonds is 7. The molecule has 1 aromatic carbocycles. The summed E-state index contributed by atoms with van der Waals surface area (Å²) in [4.78, 5) is 22.2. The van der Waals surface area contributed by atoms with Crippen LogP contribution in [0.15, 0.2) is 54.9 Å². The van der Waals surface area contributed by atoms with Crippen LogP contribution in [0, 0.1) is 0 Å². The van der Waals surface area contributed by atoms with Crippen LogP contribution < -0.4 is 10.1 Å². The second kappa shape index (κ2) is 15.0. The number of hydrogen-bond donors (Lipinski definition) is 3. The maximum absolute atomic E-state index is 10.6. The van der Waals surface area contributed by atoms with Crippen LogP contribution in [0.25, 0.3) is 0 Å². The molecule has 3 N–H and O–H groups in total. The van der Waals surface area contributed by atoms with Crippen LogP contribution in [0.3, 0.4) is 0 Å². The molecule has 1 unspecified atom stereocenters. The second-order valence-corrected chi connectivity index (χ2v) is 8.25. The maximum atomic E-state index is 10.6. The third-order valence-corrected chi connectivity index (χ3v) is 5.22. The first-order chi connectivity index (χ1) is 19.2. The first-order valence-electron chi connectivity index (χ1n) is 11.7. The molecule has 0 saturated carbocycles. The summed E-state index contributed by atoms with van der Waals surface area (Å²) in [5.74, 6) is -4.64. The highest BCUT2D eigenvalue weighted by Crippen LogP contribution is 2.25. The highest BCUT2D eigenvalue weighted by atomic mass is 19.4. The summed E-state index contributed by atoms with van der Waals surface area (Å²) >= 11 is 0. The normalized spacial score (nSPS) is 14.5. The Bertz CT molecular complexity index is 1230. The van der Waals surface area contributed by atoms with Gasteiger partial charge in [0.25, 0.3) is 0 Å². The smallest absolute Gasteiger partial charge is 0.490 e. The predicted molar refractivity (Wildman–Crippen MR) is 130 cm³/mol. The van der Waals surface area contributed by atoms with E-state index in [-0.39, 0.29) is 6.10 Å². The van der Waals surface area contributed by atoms with E-state index in [4.69, 9.17) is 34.4 Å². The lowest BCUT2D eigenvalue weighted by molar-refractivity contribution is -0.193. The molecule has 4 rings (SSSR count). The molecule has 0 bridgehead atoms. The number of fused-ring (bicyclic) bond motifs is 1. The molecule has 3 aromatic rings. The van der Waals surface area contributed by atoms with Crippen LogP contribution in [0.1, 0.15) is 28.6 Å². The lowest BCUT2D eigenvalue weighted by atomic mass is 10.1. The fraction of sp³-hybridized carbons (Fsp3) is 0.360. The van der Waals surface area contributed by atoms with Crippen molar-refractivity contribution < 1.29 is 55.6 Å². The molecule has 0 saturated heterocycles. The van der Waals surface area contributed by atoms with Crippen LogP contribution in [-0.2, 0) is 33.8 Å². The third kappa shape index (κ3) is 11.4. The topological polar surface area (TPSA) is 136 Å². The molecule has 1 atom stereocenters. The number of alkyl halides is 6. The van der Waals surface area contributed by atoms with E-state index in [0.29, 0.717) is 6.54 Å². The van der Waals surface area contributed by atoms with Gasteiger partial charge in [-0.05, 0) is 41.8 Å². The maximum Gasteiger partial charge on any atom is 0.490 e. The van der Waals surface area contributed by atoms with Gasteiger partial charge < -0.3 is 25.0 Å². The molecular formula is C25H26F6N4O6. The van der Waals surface area contributed by atoms with Gasteiger partial charge in [-0.25, -0.2) is 9.59 Å². The van der Waals surface area contributed by atoms with Crippen molar-refractivity contribution in [2.75, 3.05) is 20.3 Å². The highest BCUT2D eigenvalue weighted by Gasteiger charge is 2.38. The highest BCUT2D eigenvalue weighted by molar-refractivity contribution is 5.73. The van der Waals surface area contributed by atoms with E-state index in [1.165, 1.54) is 11.1 Å². The number of methoxy groups -OCH3 is 1. The average molecular weight is 592 g/mol. The molecule has 3 heterocycles. The van der Waals surface area contributed by atoms with E-state index in [0.717, 1.165) is 43.3 Å². The summed E-state index contributed by atoms with van der Waals surface area (Å²) in [6.07, 6.45) is -5.33. The summed E-state index contributed by atoms with van der Waals surface area (Å²) in [6.45, 7) is 2.93. The molecule has 0 amide bonds. The standard InChI is InChI=1S/C21H24N4O2.2C2HF3O2/c1-26-19-7-5-16(6-8-19)12-22-13-20-21-17(9-11-27-20)14-25(24-21)15-18-4-2-3-10-23-18;2*3-2(4,5)1(6)7/h2-8,10,14,20,22H,9,11-13,15H2,1H3;2*(H,6,7). The predicted octanol–water partition coefficient (Wildman–Crippen LogP) is 4.01. The van der Waals surface area contributed by atoms with Gasteiger partial charge in [0.1, 0.15) is 11.9 Å². The fourth-order valence-electron chi connectivity index (χ4n) is 3.32. The summed E-state index contributed by atoms with van der Waals surface area (Å²) in [5.41, 5.74) is 4.54. The van der Waals surface area contributed by atoms with Crippen molar-refractivity contribution in [3.63, 3.8) is 0 Å². The molecule has 16 heteroatoms. The molecular weight excluding hydrogens is 566 g/mol. The van der Waals surface area contributed by atoms with Gasteiger partial charge in [0.05, 0.1) is 31.6 Å². The summed E-state index contributed by atoms with van der Waals surface area (Å²) < 4.78 is 76.6. The summed E-state index contributed by atoms with van der Waals surface area (Å²) in [7, 11) is 1.68. The molecule has 2 aromatic heterocycles. The zero-order chi connectivity index (χ0) is 30.6. The molecule has 0 aliphatic carbocycles. The van der Waals surface area contributed by atoms with Gasteiger partial charge in [0.2, 0.25) is 0 Å². The minimum absolute atomic E-state index is 0.0167. The number of benzene rings is 1. The number of ether oxygens (including phenoxy) is 2. The number of aromatic nitrogens is 3. The van der Waals surface area contributed by atoms with Crippen LogP contribution in [0.2, 0.25) is 0 Å². The van der Waals surface area contributed by atoms with Gasteiger partial charge in [0, 0.05) is 25.5 Å². The zero-order valence-corrected chi connectivity index (χ0v) is 21.4. The van der Waals surface area contributed by atoms with E-state index in [1.54, 1.807) is 7.11 Å². The first kappa shape index (κ1) is 33.0. The lowest BCUT2D eigenvalue weighted by Gasteiger charge is -2.22. The van der Waals surface area contributed by atoms with Gasteiger partial charge in [0.15, 0.2) is 0 Å². The van der Waals surface area contributed by atoms with Crippen LogP contribution >= 0.6 is 0 Å². The number of nitrogens with one attached hydrogen (secondary N) is 1. The van der Waals surface area contributed by atoms with Crippen molar-refractivity contribution in [3.05, 3.63) is 77.4 Å². The van der Waals surface area contributed by atoms with Gasteiger partial charge in [-0.1, -0.05) is 18.2 Å². The molecule has 0 radical (unpaired) electrons. The van der Waals surface area contributed by atoms with E-state index in [2.05, 4.69) is 28.6 Å². The quantitative estimate of drug-likeness (QED) is 0.348. The van der Waals surface area contributed by atoms with E-state index in [1.807, 2.05) is 41.2 Å². The van der Waals surface area contributed by atoms with Crippen molar-refractivity contribution in [1.29, 1.82) is 0 Å². The Balaban J connectivity index is 0.000000349. The number of aliphatic carboxylic acids is 2. The average Bonchev–Trinajstić information content (AvgIpc) is 3.32. The number of hydrogen-bond acceptors (Lipinski definition) is 7. The Morgan fingerprint density at radius 3 is 2.17 bits per heavy atom. The van der Waals surface area contributed by atoms with Crippen LogP contribution in [0.5, 0.6) is 5.75 Å². The van der Waals surface area contributed by atoms with Crippen LogP contribution in [-0.4, -0.2) is 69.5 Å². The molecule has 41 heavy (non-hydrogen) atoms. The van der Waals surface area contributed by atoms with Crippen molar-refractivity contribution in [2.45, 2.75) is 38.0 Å². The van der Waals surface area contributed by atoms with Crippen molar-refractivity contribution in [2.24, 2.45) is 0 Å². The largest absolute Gasteiger partial charge is 0.497 e. The first-order valence-corrected chi connectivity index (χ1v) is 11.7. The Morgan fingerprint density at radius 2 is 1.66 bits per heavy atom. The number of carbonyl (C=O) groups is 2. The van der Waals surface area contributed by atoms with Crippen LogP contribution in [0.4, 0.5) is 26.3 Å².